The van der Waals surface area contributed by atoms with Gasteiger partial charge in [0, 0.05) is 5.69 Å². The van der Waals surface area contributed by atoms with Crippen LogP contribution in [0.4, 0.5) is 0 Å². The highest BCUT2D eigenvalue weighted by atomic mass is 16.5. The fraction of sp³-hybridized carbons (Fsp3) is 0.200. The number of fused-ring (bicyclic) bond motifs is 1. The van der Waals surface area contributed by atoms with Crippen LogP contribution in [-0.4, -0.2) is 28.4 Å². The van der Waals surface area contributed by atoms with Crippen molar-refractivity contribution in [2.75, 3.05) is 7.11 Å². The molecule has 0 unspecified atom stereocenters. The molecule has 0 aliphatic rings. The van der Waals surface area contributed by atoms with Gasteiger partial charge >= 0.3 is 5.97 Å². The van der Waals surface area contributed by atoms with Gasteiger partial charge in [0.2, 0.25) is 0 Å². The standard InChI is InChI=1S/C10H10N2O3/c1-5-8-7(12-11-5)4-3-6(10(13)14)9(8)15-2/h3-4H,1-2H3,(H,11,12)(H,13,14). The van der Waals surface area contributed by atoms with E-state index in [1.165, 1.54) is 13.2 Å². The Bertz CT molecular complexity index is 531. The zero-order valence-corrected chi connectivity index (χ0v) is 8.37. The molecule has 1 heterocycles. The molecule has 1 aromatic heterocycles. The van der Waals surface area contributed by atoms with E-state index in [1.807, 2.05) is 6.92 Å². The van der Waals surface area contributed by atoms with Gasteiger partial charge in [-0.05, 0) is 19.1 Å². The second-order valence-corrected chi connectivity index (χ2v) is 3.19. The molecule has 0 fully saturated rings. The molecular weight excluding hydrogens is 196 g/mol. The van der Waals surface area contributed by atoms with Gasteiger partial charge in [-0.2, -0.15) is 5.10 Å². The van der Waals surface area contributed by atoms with Gasteiger partial charge < -0.3 is 9.84 Å². The number of benzene rings is 1. The molecule has 0 saturated heterocycles. The molecule has 0 aliphatic heterocycles. The van der Waals surface area contributed by atoms with Crippen LogP contribution in [0, 0.1) is 6.92 Å². The number of methoxy groups -OCH3 is 1. The molecule has 2 N–H and O–H groups in total. The van der Waals surface area contributed by atoms with E-state index in [0.29, 0.717) is 11.3 Å². The number of carboxylic acid groups (broad SMARTS) is 1. The van der Waals surface area contributed by atoms with Crippen molar-refractivity contribution in [3.8, 4) is 5.75 Å². The second-order valence-electron chi connectivity index (χ2n) is 3.19. The van der Waals surface area contributed by atoms with E-state index in [1.54, 1.807) is 6.07 Å². The maximum absolute atomic E-state index is 10.9. The third-order valence-corrected chi connectivity index (χ3v) is 2.29. The number of aromatic nitrogens is 2. The minimum atomic E-state index is -1.01. The lowest BCUT2D eigenvalue weighted by molar-refractivity contribution is 0.0693. The molecule has 0 saturated carbocycles. The van der Waals surface area contributed by atoms with E-state index in [0.717, 1.165) is 11.1 Å². The Balaban J connectivity index is 2.85. The predicted molar refractivity (Wildman–Crippen MR) is 54.3 cm³/mol. The molecule has 78 valence electrons. The minimum Gasteiger partial charge on any atom is -0.495 e. The SMILES string of the molecule is COc1c(C(=O)O)ccc2n[nH]c(C)c12. The molecule has 1 aromatic carbocycles. The van der Waals surface area contributed by atoms with Crippen molar-refractivity contribution >= 4 is 16.9 Å². The summed E-state index contributed by atoms with van der Waals surface area (Å²) in [6, 6.07) is 3.15. The van der Waals surface area contributed by atoms with Gasteiger partial charge in [-0.25, -0.2) is 4.79 Å². The fourth-order valence-electron chi connectivity index (χ4n) is 1.61. The number of rotatable bonds is 2. The first kappa shape index (κ1) is 9.51. The van der Waals surface area contributed by atoms with Crippen LogP contribution in [0.5, 0.6) is 5.75 Å². The summed E-state index contributed by atoms with van der Waals surface area (Å²) in [5.74, 6) is -0.652. The van der Waals surface area contributed by atoms with Crippen molar-refractivity contribution in [3.63, 3.8) is 0 Å². The third-order valence-electron chi connectivity index (χ3n) is 2.29. The number of nitrogens with zero attached hydrogens (tertiary/aromatic N) is 1. The van der Waals surface area contributed by atoms with Crippen molar-refractivity contribution in [3.05, 3.63) is 23.4 Å². The quantitative estimate of drug-likeness (QED) is 0.782. The number of aryl methyl sites for hydroxylation is 1. The number of H-pyrrole nitrogens is 1. The summed E-state index contributed by atoms with van der Waals surface area (Å²) >= 11 is 0. The van der Waals surface area contributed by atoms with Crippen LogP contribution in [0.2, 0.25) is 0 Å². The lowest BCUT2D eigenvalue weighted by Crippen LogP contribution is -2.00. The first-order valence-corrected chi connectivity index (χ1v) is 4.40. The summed E-state index contributed by atoms with van der Waals surface area (Å²) in [7, 11) is 1.45. The Hall–Kier alpha value is -2.04. The molecule has 0 atom stereocenters. The van der Waals surface area contributed by atoms with Gasteiger partial charge in [0.25, 0.3) is 0 Å². The molecule has 5 heteroatoms. The van der Waals surface area contributed by atoms with Crippen LogP contribution >= 0.6 is 0 Å². The van der Waals surface area contributed by atoms with Crippen molar-refractivity contribution in [2.45, 2.75) is 6.92 Å². The normalized spacial score (nSPS) is 10.5. The van der Waals surface area contributed by atoms with Crippen LogP contribution in [0.15, 0.2) is 12.1 Å². The molecule has 0 amide bonds. The summed E-state index contributed by atoms with van der Waals surface area (Å²) < 4.78 is 5.12. The topological polar surface area (TPSA) is 75.2 Å². The van der Waals surface area contributed by atoms with Gasteiger partial charge in [-0.3, -0.25) is 5.10 Å². The number of aromatic amines is 1. The molecule has 0 radical (unpaired) electrons. The lowest BCUT2D eigenvalue weighted by Gasteiger charge is -2.05. The zero-order valence-electron chi connectivity index (χ0n) is 8.37. The molecular formula is C10H10N2O3. The number of nitrogens with one attached hydrogen (secondary N) is 1. The van der Waals surface area contributed by atoms with Gasteiger partial charge in [0.15, 0.2) is 0 Å². The van der Waals surface area contributed by atoms with E-state index >= 15 is 0 Å². The highest BCUT2D eigenvalue weighted by molar-refractivity contribution is 6.00. The number of aromatic carboxylic acids is 1. The summed E-state index contributed by atoms with van der Waals surface area (Å²) in [5.41, 5.74) is 1.65. The number of carbonyl (C=O) groups is 1. The highest BCUT2D eigenvalue weighted by Crippen LogP contribution is 2.30. The van der Waals surface area contributed by atoms with Crippen LogP contribution in [-0.2, 0) is 0 Å². The number of carboxylic acids is 1. The predicted octanol–water partition coefficient (Wildman–Crippen LogP) is 1.58. The third kappa shape index (κ3) is 1.32. The van der Waals surface area contributed by atoms with Gasteiger partial charge in [0.05, 0.1) is 18.0 Å². The summed E-state index contributed by atoms with van der Waals surface area (Å²) in [6.07, 6.45) is 0. The monoisotopic (exact) mass is 206 g/mol. The maximum Gasteiger partial charge on any atom is 0.339 e. The average Bonchev–Trinajstić information content (AvgIpc) is 2.59. The summed E-state index contributed by atoms with van der Waals surface area (Å²) in [6.45, 7) is 1.82. The smallest absolute Gasteiger partial charge is 0.339 e. The summed E-state index contributed by atoms with van der Waals surface area (Å²) in [5, 5.41) is 16.5. The molecule has 15 heavy (non-hydrogen) atoms. The van der Waals surface area contributed by atoms with E-state index in [2.05, 4.69) is 10.2 Å². The first-order valence-electron chi connectivity index (χ1n) is 4.40. The Kier molecular flexibility index (Phi) is 2.07. The molecule has 0 aliphatic carbocycles. The molecule has 2 rings (SSSR count). The molecule has 0 bridgehead atoms. The average molecular weight is 206 g/mol. The van der Waals surface area contributed by atoms with E-state index < -0.39 is 5.97 Å². The molecule has 2 aromatic rings. The van der Waals surface area contributed by atoms with Crippen LogP contribution in [0.1, 0.15) is 16.1 Å². The van der Waals surface area contributed by atoms with E-state index in [-0.39, 0.29) is 5.56 Å². The van der Waals surface area contributed by atoms with Crippen molar-refractivity contribution in [2.24, 2.45) is 0 Å². The Morgan fingerprint density at radius 3 is 2.87 bits per heavy atom. The summed E-state index contributed by atoms with van der Waals surface area (Å²) in [4.78, 5) is 10.9. The number of hydrogen-bond acceptors (Lipinski definition) is 3. The fourth-order valence-corrected chi connectivity index (χ4v) is 1.61. The van der Waals surface area contributed by atoms with Crippen LogP contribution in [0.25, 0.3) is 10.9 Å². The highest BCUT2D eigenvalue weighted by Gasteiger charge is 2.16. The minimum absolute atomic E-state index is 0.148. The molecule has 0 spiro atoms. The van der Waals surface area contributed by atoms with E-state index in [4.69, 9.17) is 9.84 Å². The first-order chi connectivity index (χ1) is 7.15. The van der Waals surface area contributed by atoms with Gasteiger partial charge in [-0.1, -0.05) is 0 Å². The zero-order chi connectivity index (χ0) is 11.0. The Labute approximate surface area is 85.7 Å². The lowest BCUT2D eigenvalue weighted by atomic mass is 10.1. The van der Waals surface area contributed by atoms with Crippen molar-refractivity contribution in [1.82, 2.24) is 10.2 Å². The van der Waals surface area contributed by atoms with Crippen LogP contribution < -0.4 is 4.74 Å². The maximum atomic E-state index is 10.9. The number of hydrogen-bond donors (Lipinski definition) is 2. The van der Waals surface area contributed by atoms with Crippen molar-refractivity contribution in [1.29, 1.82) is 0 Å². The number of ether oxygens (including phenoxy) is 1. The van der Waals surface area contributed by atoms with Crippen LogP contribution in [0.3, 0.4) is 0 Å². The molecule has 5 nitrogen and oxygen atoms in total. The van der Waals surface area contributed by atoms with Crippen molar-refractivity contribution < 1.29 is 14.6 Å². The van der Waals surface area contributed by atoms with E-state index in [9.17, 15) is 4.79 Å². The van der Waals surface area contributed by atoms with Gasteiger partial charge in [0.1, 0.15) is 11.3 Å². The second kappa shape index (κ2) is 3.27. The van der Waals surface area contributed by atoms with Gasteiger partial charge in [-0.15, -0.1) is 0 Å². The Morgan fingerprint density at radius 1 is 1.53 bits per heavy atom. The Morgan fingerprint density at radius 2 is 2.27 bits per heavy atom. The largest absolute Gasteiger partial charge is 0.495 e.